The number of hydrogen-bond donors (Lipinski definition) is 1. The maximum absolute atomic E-state index is 10.2. The molecule has 1 aliphatic carbocycles. The van der Waals surface area contributed by atoms with E-state index in [1.807, 2.05) is 11.8 Å². The van der Waals surface area contributed by atoms with Crippen LogP contribution in [0.25, 0.3) is 0 Å². The molecule has 1 heterocycles. The van der Waals surface area contributed by atoms with Gasteiger partial charge in [0.1, 0.15) is 0 Å². The Morgan fingerprint density at radius 1 is 1.28 bits per heavy atom. The van der Waals surface area contributed by atoms with Crippen LogP contribution in [-0.2, 0) is 0 Å². The SMILES string of the molecule is Cc1ccc(SCCN2CC(O)(C3CC3)C2)cc1. The number of rotatable bonds is 5. The first-order chi connectivity index (χ1) is 8.66. The topological polar surface area (TPSA) is 23.5 Å². The first-order valence-electron chi connectivity index (χ1n) is 6.80. The minimum Gasteiger partial charge on any atom is -0.387 e. The molecule has 18 heavy (non-hydrogen) atoms. The zero-order valence-electron chi connectivity index (χ0n) is 10.9. The number of aliphatic hydroxyl groups is 1. The van der Waals surface area contributed by atoms with E-state index in [1.165, 1.54) is 23.3 Å². The summed E-state index contributed by atoms with van der Waals surface area (Å²) in [5.74, 6) is 1.72. The van der Waals surface area contributed by atoms with E-state index >= 15 is 0 Å². The fraction of sp³-hybridized carbons (Fsp3) is 0.600. The second-order valence-electron chi connectivity index (χ2n) is 5.75. The lowest BCUT2D eigenvalue weighted by atomic mass is 9.89. The summed E-state index contributed by atoms with van der Waals surface area (Å²) < 4.78 is 0. The highest BCUT2D eigenvalue weighted by Gasteiger charge is 2.51. The molecule has 2 nitrogen and oxygen atoms in total. The van der Waals surface area contributed by atoms with Crippen LogP contribution in [0, 0.1) is 12.8 Å². The van der Waals surface area contributed by atoms with Gasteiger partial charge in [0.15, 0.2) is 0 Å². The minimum absolute atomic E-state index is 0.325. The van der Waals surface area contributed by atoms with Gasteiger partial charge in [0.2, 0.25) is 0 Å². The van der Waals surface area contributed by atoms with E-state index in [0.29, 0.717) is 5.92 Å². The molecule has 0 atom stereocenters. The Morgan fingerprint density at radius 3 is 2.56 bits per heavy atom. The van der Waals surface area contributed by atoms with Crippen LogP contribution >= 0.6 is 11.8 Å². The van der Waals surface area contributed by atoms with Crippen molar-refractivity contribution in [3.63, 3.8) is 0 Å². The van der Waals surface area contributed by atoms with E-state index in [-0.39, 0.29) is 5.60 Å². The Balaban J connectivity index is 1.37. The molecule has 1 saturated heterocycles. The van der Waals surface area contributed by atoms with Crippen LogP contribution in [0.5, 0.6) is 0 Å². The monoisotopic (exact) mass is 263 g/mol. The van der Waals surface area contributed by atoms with Gasteiger partial charge in [-0.3, -0.25) is 4.90 Å². The second kappa shape index (κ2) is 4.87. The smallest absolute Gasteiger partial charge is 0.0928 e. The van der Waals surface area contributed by atoms with Crippen molar-refractivity contribution < 1.29 is 5.11 Å². The number of nitrogens with zero attached hydrogens (tertiary/aromatic N) is 1. The Bertz CT molecular complexity index is 407. The van der Waals surface area contributed by atoms with Crippen molar-refractivity contribution in [2.75, 3.05) is 25.4 Å². The van der Waals surface area contributed by atoms with Gasteiger partial charge in [-0.25, -0.2) is 0 Å². The Morgan fingerprint density at radius 2 is 1.94 bits per heavy atom. The van der Waals surface area contributed by atoms with E-state index in [4.69, 9.17) is 0 Å². The molecule has 0 unspecified atom stereocenters. The molecule has 2 fully saturated rings. The summed E-state index contributed by atoms with van der Waals surface area (Å²) in [5.41, 5.74) is 0.991. The molecule has 3 rings (SSSR count). The van der Waals surface area contributed by atoms with Crippen LogP contribution in [0.1, 0.15) is 18.4 Å². The molecule has 1 N–H and O–H groups in total. The maximum atomic E-state index is 10.2. The van der Waals surface area contributed by atoms with Gasteiger partial charge in [-0.1, -0.05) is 17.7 Å². The van der Waals surface area contributed by atoms with E-state index in [0.717, 1.165) is 25.4 Å². The summed E-state index contributed by atoms with van der Waals surface area (Å²) in [7, 11) is 0. The van der Waals surface area contributed by atoms with Gasteiger partial charge in [0, 0.05) is 30.3 Å². The van der Waals surface area contributed by atoms with Crippen molar-refractivity contribution in [3.05, 3.63) is 29.8 Å². The third-order valence-electron chi connectivity index (χ3n) is 4.03. The molecule has 98 valence electrons. The molecule has 3 heteroatoms. The highest BCUT2D eigenvalue weighted by atomic mass is 32.2. The van der Waals surface area contributed by atoms with Gasteiger partial charge in [-0.05, 0) is 37.8 Å². The number of thioether (sulfide) groups is 1. The highest BCUT2D eigenvalue weighted by Crippen LogP contribution is 2.44. The van der Waals surface area contributed by atoms with E-state index in [9.17, 15) is 5.11 Å². The summed E-state index contributed by atoms with van der Waals surface area (Å²) in [4.78, 5) is 3.72. The molecule has 2 aliphatic rings. The van der Waals surface area contributed by atoms with Crippen molar-refractivity contribution >= 4 is 11.8 Å². The van der Waals surface area contributed by atoms with Crippen LogP contribution in [0.3, 0.4) is 0 Å². The van der Waals surface area contributed by atoms with Crippen LogP contribution in [0.2, 0.25) is 0 Å². The number of benzene rings is 1. The van der Waals surface area contributed by atoms with Crippen LogP contribution in [0.4, 0.5) is 0 Å². The number of aryl methyl sites for hydroxylation is 1. The highest BCUT2D eigenvalue weighted by molar-refractivity contribution is 7.99. The van der Waals surface area contributed by atoms with Gasteiger partial charge in [-0.2, -0.15) is 0 Å². The van der Waals surface area contributed by atoms with Crippen molar-refractivity contribution in [1.82, 2.24) is 4.90 Å². The van der Waals surface area contributed by atoms with Gasteiger partial charge >= 0.3 is 0 Å². The first kappa shape index (κ1) is 12.5. The summed E-state index contributed by atoms with van der Waals surface area (Å²) in [5, 5.41) is 10.2. The van der Waals surface area contributed by atoms with Crippen molar-refractivity contribution in [1.29, 1.82) is 0 Å². The standard InChI is InChI=1S/C15H21NOS/c1-12-2-6-14(7-3-12)18-9-8-16-10-15(17,11-16)13-4-5-13/h2-3,6-7,13,17H,4-5,8-11H2,1H3. The predicted molar refractivity (Wildman–Crippen MR) is 76.0 cm³/mol. The third-order valence-corrected chi connectivity index (χ3v) is 5.02. The third kappa shape index (κ3) is 2.73. The van der Waals surface area contributed by atoms with Gasteiger partial charge < -0.3 is 5.11 Å². The molecule has 1 aromatic carbocycles. The van der Waals surface area contributed by atoms with E-state index < -0.39 is 0 Å². The Kier molecular flexibility index (Phi) is 3.39. The zero-order chi connectivity index (χ0) is 12.6. The molecule has 0 bridgehead atoms. The van der Waals surface area contributed by atoms with Gasteiger partial charge in [0.25, 0.3) is 0 Å². The number of hydrogen-bond acceptors (Lipinski definition) is 3. The fourth-order valence-corrected chi connectivity index (χ4v) is 3.61. The van der Waals surface area contributed by atoms with E-state index in [1.54, 1.807) is 0 Å². The summed E-state index contributed by atoms with van der Waals surface area (Å²) >= 11 is 1.91. The van der Waals surface area contributed by atoms with Gasteiger partial charge in [0.05, 0.1) is 5.60 Å². The van der Waals surface area contributed by atoms with Crippen LogP contribution in [-0.4, -0.2) is 41.0 Å². The predicted octanol–water partition coefficient (Wildman–Crippen LogP) is 2.54. The zero-order valence-corrected chi connectivity index (χ0v) is 11.7. The molecule has 1 aromatic rings. The molecule has 1 saturated carbocycles. The number of likely N-dealkylation sites (tertiary alicyclic amines) is 1. The molecular formula is C15H21NOS. The molecule has 0 radical (unpaired) electrons. The lowest BCUT2D eigenvalue weighted by molar-refractivity contribution is -0.110. The fourth-order valence-electron chi connectivity index (χ4n) is 2.69. The van der Waals surface area contributed by atoms with Crippen molar-refractivity contribution in [3.8, 4) is 0 Å². The number of β-amino-alcohol motifs (C(OH)–C–C–N with tert-alkyl or cyclic N) is 1. The summed E-state index contributed by atoms with van der Waals surface area (Å²) in [6, 6.07) is 8.71. The second-order valence-corrected chi connectivity index (χ2v) is 6.92. The summed E-state index contributed by atoms with van der Waals surface area (Å²) in [6.07, 6.45) is 2.48. The lowest BCUT2D eigenvalue weighted by Gasteiger charge is -2.47. The normalized spacial score (nSPS) is 22.8. The van der Waals surface area contributed by atoms with E-state index in [2.05, 4.69) is 36.1 Å². The average Bonchev–Trinajstić information content (AvgIpc) is 3.13. The quantitative estimate of drug-likeness (QED) is 0.826. The largest absolute Gasteiger partial charge is 0.387 e. The van der Waals surface area contributed by atoms with Crippen LogP contribution < -0.4 is 0 Å². The Hall–Kier alpha value is -0.510. The van der Waals surface area contributed by atoms with Crippen LogP contribution in [0.15, 0.2) is 29.2 Å². The molecule has 0 spiro atoms. The first-order valence-corrected chi connectivity index (χ1v) is 7.78. The molecule has 0 aromatic heterocycles. The summed E-state index contributed by atoms with van der Waals surface area (Å²) in [6.45, 7) is 5.00. The molecule has 0 amide bonds. The Labute approximate surface area is 113 Å². The average molecular weight is 263 g/mol. The molecule has 1 aliphatic heterocycles. The van der Waals surface area contributed by atoms with Crippen molar-refractivity contribution in [2.45, 2.75) is 30.3 Å². The lowest BCUT2D eigenvalue weighted by Crippen LogP contribution is -2.63. The van der Waals surface area contributed by atoms with Gasteiger partial charge in [-0.15, -0.1) is 11.8 Å². The maximum Gasteiger partial charge on any atom is 0.0928 e. The van der Waals surface area contributed by atoms with Crippen molar-refractivity contribution in [2.24, 2.45) is 5.92 Å². The molecular weight excluding hydrogens is 242 g/mol. The minimum atomic E-state index is -0.325.